The average Bonchev–Trinajstić information content (AvgIpc) is 2.97. The highest BCUT2D eigenvalue weighted by atomic mass is 16.5. The van der Waals surface area contributed by atoms with Crippen molar-refractivity contribution in [2.45, 2.75) is 12.8 Å². The Morgan fingerprint density at radius 2 is 1.81 bits per heavy atom. The van der Waals surface area contributed by atoms with Crippen LogP contribution in [-0.2, 0) is 13.5 Å². The molecule has 4 aromatic rings. The lowest BCUT2D eigenvalue weighted by Crippen LogP contribution is -1.97. The number of fused-ring (bicyclic) bond motifs is 2. The molecule has 1 aromatic heterocycles. The quantitative estimate of drug-likeness (QED) is 0.545. The zero-order valence-electron chi connectivity index (χ0n) is 15.6. The Morgan fingerprint density at radius 1 is 1.00 bits per heavy atom. The van der Waals surface area contributed by atoms with E-state index in [0.29, 0.717) is 6.42 Å². The number of hydrogen-bond donors (Lipinski definition) is 2. The summed E-state index contributed by atoms with van der Waals surface area (Å²) in [5.74, 6) is 1.06. The van der Waals surface area contributed by atoms with Crippen molar-refractivity contribution in [3.05, 3.63) is 60.2 Å². The van der Waals surface area contributed by atoms with Crippen molar-refractivity contribution in [2.75, 3.05) is 13.7 Å². The number of ether oxygens (including phenoxy) is 1. The first-order chi connectivity index (χ1) is 13.2. The van der Waals surface area contributed by atoms with Gasteiger partial charge in [-0.05, 0) is 53.4 Å². The van der Waals surface area contributed by atoms with Gasteiger partial charge in [0.15, 0.2) is 0 Å². The zero-order chi connectivity index (χ0) is 19.0. The fourth-order valence-corrected chi connectivity index (χ4v) is 3.96. The molecule has 0 atom stereocenters. The van der Waals surface area contributed by atoms with Crippen molar-refractivity contribution in [2.24, 2.45) is 7.05 Å². The van der Waals surface area contributed by atoms with Crippen molar-refractivity contribution < 1.29 is 14.9 Å². The number of aryl methyl sites for hydroxylation is 2. The Morgan fingerprint density at radius 3 is 2.59 bits per heavy atom. The van der Waals surface area contributed by atoms with E-state index in [9.17, 15) is 10.2 Å². The number of phenolic OH excluding ortho intramolecular Hbond substituents is 1. The number of aliphatic hydroxyl groups excluding tert-OH is 1. The predicted octanol–water partition coefficient (Wildman–Crippen LogP) is 4.64. The monoisotopic (exact) mass is 361 g/mol. The molecule has 0 saturated carbocycles. The minimum absolute atomic E-state index is 0.126. The number of rotatable bonds is 5. The fourth-order valence-electron chi connectivity index (χ4n) is 3.96. The van der Waals surface area contributed by atoms with E-state index in [2.05, 4.69) is 10.6 Å². The average molecular weight is 361 g/mol. The normalized spacial score (nSPS) is 11.4. The van der Waals surface area contributed by atoms with Crippen LogP contribution in [0.5, 0.6) is 11.5 Å². The van der Waals surface area contributed by atoms with Crippen LogP contribution in [0.4, 0.5) is 0 Å². The molecule has 2 N–H and O–H groups in total. The maximum Gasteiger partial charge on any atom is 0.125 e. The topological polar surface area (TPSA) is 54.6 Å². The van der Waals surface area contributed by atoms with Gasteiger partial charge in [0.1, 0.15) is 11.5 Å². The number of nitrogens with zero attached hydrogens (tertiary/aromatic N) is 1. The van der Waals surface area contributed by atoms with Crippen LogP contribution in [0.3, 0.4) is 0 Å². The molecular weight excluding hydrogens is 338 g/mol. The van der Waals surface area contributed by atoms with Gasteiger partial charge in [0, 0.05) is 30.1 Å². The van der Waals surface area contributed by atoms with Crippen LogP contribution < -0.4 is 4.74 Å². The van der Waals surface area contributed by atoms with Crippen molar-refractivity contribution in [3.8, 4) is 22.8 Å². The summed E-state index contributed by atoms with van der Waals surface area (Å²) in [7, 11) is 3.68. The number of benzene rings is 3. The first-order valence-corrected chi connectivity index (χ1v) is 9.13. The number of hydrogen-bond acceptors (Lipinski definition) is 3. The second-order valence-electron chi connectivity index (χ2n) is 6.78. The van der Waals surface area contributed by atoms with E-state index in [-0.39, 0.29) is 12.4 Å². The molecule has 4 nitrogen and oxygen atoms in total. The summed E-state index contributed by atoms with van der Waals surface area (Å²) in [5.41, 5.74) is 4.01. The van der Waals surface area contributed by atoms with E-state index >= 15 is 0 Å². The van der Waals surface area contributed by atoms with Gasteiger partial charge >= 0.3 is 0 Å². The highest BCUT2D eigenvalue weighted by molar-refractivity contribution is 6.03. The standard InChI is InChI=1S/C23H23NO3/c1-24-20-11-10-16(27-2)14-19(20)18(8-5-13-25)23(24)22-17-7-4-3-6-15(17)9-12-21(22)26/h3-4,6-7,9-12,14,25-26H,5,8,13H2,1-2H3. The maximum atomic E-state index is 10.8. The summed E-state index contributed by atoms with van der Waals surface area (Å²) in [6, 6.07) is 17.8. The molecule has 138 valence electrons. The van der Waals surface area contributed by atoms with E-state index in [0.717, 1.165) is 50.7 Å². The minimum atomic E-state index is 0.126. The van der Waals surface area contributed by atoms with E-state index in [4.69, 9.17) is 4.74 Å². The Bertz CT molecular complexity index is 1130. The van der Waals surface area contributed by atoms with Gasteiger partial charge in [-0.15, -0.1) is 0 Å². The Kier molecular flexibility index (Phi) is 4.50. The van der Waals surface area contributed by atoms with Gasteiger partial charge in [0.25, 0.3) is 0 Å². The zero-order valence-corrected chi connectivity index (χ0v) is 15.6. The van der Waals surface area contributed by atoms with Crippen LogP contribution in [0.15, 0.2) is 54.6 Å². The molecule has 3 aromatic carbocycles. The van der Waals surface area contributed by atoms with Gasteiger partial charge in [0.2, 0.25) is 0 Å². The largest absolute Gasteiger partial charge is 0.507 e. The molecule has 0 aliphatic heterocycles. The van der Waals surface area contributed by atoms with E-state index in [1.165, 1.54) is 0 Å². The molecular formula is C23H23NO3. The third-order valence-corrected chi connectivity index (χ3v) is 5.24. The lowest BCUT2D eigenvalue weighted by Gasteiger charge is -2.13. The second-order valence-corrected chi connectivity index (χ2v) is 6.78. The van der Waals surface area contributed by atoms with Gasteiger partial charge in [-0.25, -0.2) is 0 Å². The van der Waals surface area contributed by atoms with Gasteiger partial charge in [-0.1, -0.05) is 30.3 Å². The molecule has 0 bridgehead atoms. The summed E-state index contributed by atoms with van der Waals surface area (Å²) in [6.45, 7) is 0.126. The first kappa shape index (κ1) is 17.4. The summed E-state index contributed by atoms with van der Waals surface area (Å²) >= 11 is 0. The highest BCUT2D eigenvalue weighted by Gasteiger charge is 2.21. The Hall–Kier alpha value is -2.98. The smallest absolute Gasteiger partial charge is 0.125 e. The van der Waals surface area contributed by atoms with E-state index < -0.39 is 0 Å². The number of aromatic hydroxyl groups is 1. The number of methoxy groups -OCH3 is 1. The minimum Gasteiger partial charge on any atom is -0.507 e. The Balaban J connectivity index is 2.10. The first-order valence-electron chi connectivity index (χ1n) is 9.13. The van der Waals surface area contributed by atoms with Gasteiger partial charge in [-0.3, -0.25) is 0 Å². The summed E-state index contributed by atoms with van der Waals surface area (Å²) in [4.78, 5) is 0. The van der Waals surface area contributed by atoms with Crippen LogP contribution in [0.1, 0.15) is 12.0 Å². The van der Waals surface area contributed by atoms with Crippen LogP contribution in [-0.4, -0.2) is 28.5 Å². The summed E-state index contributed by atoms with van der Waals surface area (Å²) in [6.07, 6.45) is 1.38. The molecule has 4 rings (SSSR count). The molecule has 0 aliphatic rings. The van der Waals surface area contributed by atoms with Crippen molar-refractivity contribution >= 4 is 21.7 Å². The Labute approximate surface area is 158 Å². The number of aromatic nitrogens is 1. The molecule has 0 spiro atoms. The van der Waals surface area contributed by atoms with Crippen LogP contribution in [0.25, 0.3) is 32.9 Å². The van der Waals surface area contributed by atoms with Crippen molar-refractivity contribution in [1.29, 1.82) is 0 Å². The third kappa shape index (κ3) is 2.82. The molecule has 27 heavy (non-hydrogen) atoms. The maximum absolute atomic E-state index is 10.8. The van der Waals surface area contributed by atoms with E-state index in [1.54, 1.807) is 13.2 Å². The molecule has 0 aliphatic carbocycles. The molecule has 4 heteroatoms. The predicted molar refractivity (Wildman–Crippen MR) is 109 cm³/mol. The lowest BCUT2D eigenvalue weighted by atomic mass is 9.96. The second kappa shape index (κ2) is 6.97. The molecule has 1 heterocycles. The van der Waals surface area contributed by atoms with Crippen LogP contribution in [0, 0.1) is 0 Å². The van der Waals surface area contributed by atoms with Crippen molar-refractivity contribution in [1.82, 2.24) is 4.57 Å². The van der Waals surface area contributed by atoms with Gasteiger partial charge in [0.05, 0.1) is 12.8 Å². The van der Waals surface area contributed by atoms with Crippen molar-refractivity contribution in [3.63, 3.8) is 0 Å². The molecule has 0 radical (unpaired) electrons. The number of phenols is 1. The van der Waals surface area contributed by atoms with Crippen LogP contribution >= 0.6 is 0 Å². The summed E-state index contributed by atoms with van der Waals surface area (Å²) in [5, 5.41) is 23.4. The molecule has 0 fully saturated rings. The summed E-state index contributed by atoms with van der Waals surface area (Å²) < 4.78 is 7.55. The third-order valence-electron chi connectivity index (χ3n) is 5.24. The molecule has 0 unspecified atom stereocenters. The highest BCUT2D eigenvalue weighted by Crippen LogP contribution is 2.42. The van der Waals surface area contributed by atoms with Gasteiger partial charge < -0.3 is 19.5 Å². The SMILES string of the molecule is COc1ccc2c(c1)c(CCCO)c(-c1c(O)ccc3ccccc13)n2C. The number of aliphatic hydroxyl groups is 1. The van der Waals surface area contributed by atoms with Gasteiger partial charge in [-0.2, -0.15) is 0 Å². The molecule has 0 amide bonds. The molecule has 0 saturated heterocycles. The fraction of sp³-hybridized carbons (Fsp3) is 0.217. The van der Waals surface area contributed by atoms with E-state index in [1.807, 2.05) is 49.5 Å². The van der Waals surface area contributed by atoms with Crippen LogP contribution in [0.2, 0.25) is 0 Å². The lowest BCUT2D eigenvalue weighted by molar-refractivity contribution is 0.289.